The Hall–Kier alpha value is 2.05. The maximum absolute atomic E-state index is 3.11. The second-order valence-corrected chi connectivity index (χ2v) is 8.94. The van der Waals surface area contributed by atoms with Crippen molar-refractivity contribution < 1.29 is 13.9 Å². The van der Waals surface area contributed by atoms with Gasteiger partial charge in [-0.2, -0.15) is 0 Å². The Morgan fingerprint density at radius 2 is 1.88 bits per heavy atom. The number of halogens is 2. The van der Waals surface area contributed by atoms with Crippen LogP contribution in [0, 0.1) is 0 Å². The van der Waals surface area contributed by atoms with E-state index in [2.05, 4.69) is 43.0 Å². The van der Waals surface area contributed by atoms with Gasteiger partial charge in [0.15, 0.2) is 0 Å². The van der Waals surface area contributed by atoms with Gasteiger partial charge in [-0.3, -0.25) is 0 Å². The first kappa shape index (κ1) is 12.7. The Balaban J connectivity index is 0. The number of unbranched alkanes of at least 4 members (excludes halogenated alkanes) is 1. The maximum atomic E-state index is 3.11. The molecule has 0 nitrogen and oxygen atoms in total. The molecule has 0 heterocycles. The third-order valence-corrected chi connectivity index (χ3v) is 0.966. The quantitative estimate of drug-likeness (QED) is 0.526. The summed E-state index contributed by atoms with van der Waals surface area (Å²) in [7, 11) is 2.70. The molecule has 0 saturated heterocycles. The molecule has 0 amide bonds. The van der Waals surface area contributed by atoms with E-state index < -0.39 is 0 Å². The minimum atomic E-state index is 0.575. The van der Waals surface area contributed by atoms with Gasteiger partial charge in [0.2, 0.25) is 0 Å². The third kappa shape index (κ3) is 24.4. The number of hydrogen-bond acceptors (Lipinski definition) is 0. The molecule has 0 aromatic heterocycles. The van der Waals surface area contributed by atoms with E-state index in [1.807, 2.05) is 0 Å². The molecule has 0 spiro atoms. The average molecular weight is 356 g/mol. The van der Waals surface area contributed by atoms with Crippen LogP contribution in [0.1, 0.15) is 19.8 Å². The summed E-state index contributed by atoms with van der Waals surface area (Å²) < 4.78 is 0. The Morgan fingerprint density at radius 3 is 1.88 bits per heavy atom. The van der Waals surface area contributed by atoms with Crippen molar-refractivity contribution >= 4 is 36.1 Å². The van der Waals surface area contributed by atoms with Gasteiger partial charge in [-0.15, -0.1) is 9.24 Å². The summed E-state index contributed by atoms with van der Waals surface area (Å²) in [5.41, 5.74) is 0. The molecule has 8 heavy (non-hydrogen) atoms. The Kier molecular flexibility index (Phi) is 25.4. The Bertz CT molecular complexity index is 28.0. The molecular weight excluding hydrogens is 345 g/mol. The first-order valence-corrected chi connectivity index (χ1v) is 10.3. The van der Waals surface area contributed by atoms with Crippen LogP contribution in [0.4, 0.5) is 0 Å². The average Bonchev–Trinajstić information content (AvgIpc) is 1.71. The molecule has 0 aliphatic heterocycles. The van der Waals surface area contributed by atoms with Crippen LogP contribution in [0.25, 0.3) is 0 Å². The van der Waals surface area contributed by atoms with Crippen molar-refractivity contribution in [1.82, 2.24) is 0 Å². The molecule has 0 aliphatic rings. The topological polar surface area (TPSA) is 0 Å². The van der Waals surface area contributed by atoms with E-state index in [9.17, 15) is 0 Å². The van der Waals surface area contributed by atoms with Crippen molar-refractivity contribution in [3.05, 3.63) is 0 Å². The molecule has 0 saturated carbocycles. The van der Waals surface area contributed by atoms with Gasteiger partial charge < -0.3 is 0 Å². The summed E-state index contributed by atoms with van der Waals surface area (Å²) in [5, 5.41) is 0. The van der Waals surface area contributed by atoms with E-state index in [0.29, 0.717) is 13.9 Å². The van der Waals surface area contributed by atoms with Crippen LogP contribution in [-0.2, 0) is 13.9 Å². The van der Waals surface area contributed by atoms with Crippen molar-refractivity contribution in [2.75, 3.05) is 6.16 Å². The fourth-order valence-corrected chi connectivity index (χ4v) is 0.612. The van der Waals surface area contributed by atoms with Crippen LogP contribution in [0.2, 0.25) is 0 Å². The second-order valence-electron chi connectivity index (χ2n) is 1.19. The fourth-order valence-electron chi connectivity index (χ4n) is 0.204. The van der Waals surface area contributed by atoms with Gasteiger partial charge in [-0.1, -0.05) is 19.8 Å². The molecule has 0 radical (unpaired) electrons. The van der Waals surface area contributed by atoms with Crippen molar-refractivity contribution in [3.63, 3.8) is 0 Å². The molecule has 0 rings (SSSR count). The van der Waals surface area contributed by atoms with Gasteiger partial charge >= 0.3 is 40.8 Å². The molecule has 0 fully saturated rings. The summed E-state index contributed by atoms with van der Waals surface area (Å²) in [6, 6.07) is 0. The van der Waals surface area contributed by atoms with Gasteiger partial charge in [-0.05, 0) is 6.16 Å². The summed E-state index contributed by atoms with van der Waals surface area (Å²) in [5.74, 6) is 0. The predicted molar refractivity (Wildman–Crippen MR) is 47.3 cm³/mol. The van der Waals surface area contributed by atoms with Gasteiger partial charge in [0.25, 0.3) is 0 Å². The van der Waals surface area contributed by atoms with Crippen LogP contribution < -0.4 is 0 Å². The van der Waals surface area contributed by atoms with E-state index in [1.54, 1.807) is 0 Å². The molecule has 56 valence electrons. The molecule has 4 heteroatoms. The number of hydrogen-bond donors (Lipinski definition) is 0. The third-order valence-electron chi connectivity index (χ3n) is 0.558. The van der Waals surface area contributed by atoms with Crippen molar-refractivity contribution in [2.45, 2.75) is 19.8 Å². The van der Waals surface area contributed by atoms with Gasteiger partial charge in [0.05, 0.1) is 0 Å². The fraction of sp³-hybridized carbons (Fsp3) is 1.00. The van der Waals surface area contributed by atoms with Gasteiger partial charge in [-0.25, -0.2) is 0 Å². The van der Waals surface area contributed by atoms with Crippen LogP contribution >= 0.6 is 36.1 Å². The number of rotatable bonds is 2. The Morgan fingerprint density at radius 1 is 1.50 bits per heavy atom. The van der Waals surface area contributed by atoms with E-state index in [-0.39, 0.29) is 0 Å². The van der Waals surface area contributed by atoms with E-state index >= 15 is 0 Å². The van der Waals surface area contributed by atoms with E-state index in [4.69, 9.17) is 0 Å². The van der Waals surface area contributed by atoms with Crippen molar-refractivity contribution in [3.8, 4) is 0 Å². The first-order chi connectivity index (χ1) is 3.83. The molecule has 1 unspecified atom stereocenters. The summed E-state index contributed by atoms with van der Waals surface area (Å²) in [6.45, 7) is 2.20. The molecular formula is C4H11Br2PPd. The zero-order valence-electron chi connectivity index (χ0n) is 4.77. The molecule has 0 aromatic carbocycles. The standard InChI is InChI=1S/C4H11P.2BrH.Pd/c1-2-3-4-5;;;/h2-5H2,1H3;2*1H;/q;;;+2/p-2. The Labute approximate surface area is 75.4 Å². The van der Waals surface area contributed by atoms with Crippen LogP contribution in [-0.4, -0.2) is 6.16 Å². The molecule has 0 N–H and O–H groups in total. The monoisotopic (exact) mass is 354 g/mol. The van der Waals surface area contributed by atoms with E-state index in [1.165, 1.54) is 19.0 Å². The van der Waals surface area contributed by atoms with Crippen LogP contribution in [0.15, 0.2) is 0 Å². The van der Waals surface area contributed by atoms with Crippen molar-refractivity contribution in [2.24, 2.45) is 0 Å². The first-order valence-electron chi connectivity index (χ1n) is 2.35. The second kappa shape index (κ2) is 16.0. The molecule has 1 atom stereocenters. The van der Waals surface area contributed by atoms with Crippen LogP contribution in [0.3, 0.4) is 0 Å². The molecule has 0 bridgehead atoms. The minimum absolute atomic E-state index is 0.575. The van der Waals surface area contributed by atoms with Crippen molar-refractivity contribution in [1.29, 1.82) is 0 Å². The summed E-state index contributed by atoms with van der Waals surface area (Å²) in [4.78, 5) is 0. The van der Waals surface area contributed by atoms with Gasteiger partial charge in [0.1, 0.15) is 0 Å². The van der Waals surface area contributed by atoms with Gasteiger partial charge in [0, 0.05) is 0 Å². The molecule has 0 aliphatic carbocycles. The summed E-state index contributed by atoms with van der Waals surface area (Å²) >= 11 is 6.80. The normalized spacial score (nSPS) is 8.00. The zero-order chi connectivity index (χ0) is 6.83. The van der Waals surface area contributed by atoms with E-state index in [0.717, 1.165) is 0 Å². The van der Waals surface area contributed by atoms with Crippen LogP contribution in [0.5, 0.6) is 0 Å². The SMILES string of the molecule is CCCCP.[Br][Pd][Br]. The molecule has 0 aromatic rings. The predicted octanol–water partition coefficient (Wildman–Crippen LogP) is 3.35. The summed E-state index contributed by atoms with van der Waals surface area (Å²) in [6.07, 6.45) is 3.94. The zero-order valence-corrected chi connectivity index (χ0v) is 10.7.